The number of nitrogens with zero attached hydrogens (tertiary/aromatic N) is 1. The Hall–Kier alpha value is -2.54. The largest absolute Gasteiger partial charge is 0.497 e. The van der Waals surface area contributed by atoms with Crippen LogP contribution in [0.25, 0.3) is 0 Å². The Bertz CT molecular complexity index is 893. The van der Waals surface area contributed by atoms with E-state index < -0.39 is 16.1 Å². The van der Waals surface area contributed by atoms with Crippen LogP contribution in [0.2, 0.25) is 0 Å². The van der Waals surface area contributed by atoms with Crippen LogP contribution in [0.5, 0.6) is 5.75 Å². The molecule has 0 spiro atoms. The number of hydrogen-bond donors (Lipinski definition) is 1. The fourth-order valence-corrected chi connectivity index (χ4v) is 4.31. The van der Waals surface area contributed by atoms with Gasteiger partial charge in [0, 0.05) is 6.54 Å². The minimum atomic E-state index is -3.60. The van der Waals surface area contributed by atoms with Gasteiger partial charge >= 0.3 is 0 Å². The van der Waals surface area contributed by atoms with E-state index in [2.05, 4.69) is 5.32 Å². The Morgan fingerprint density at radius 3 is 2.17 bits per heavy atom. The number of hydrogen-bond acceptors (Lipinski definition) is 4. The molecule has 1 N–H and O–H groups in total. The number of anilines is 1. The second-order valence-corrected chi connectivity index (χ2v) is 8.86. The number of carbonyl (C=O) groups excluding carboxylic acids is 1. The highest BCUT2D eigenvalue weighted by Gasteiger charge is 2.28. The van der Waals surface area contributed by atoms with Gasteiger partial charge in [0.1, 0.15) is 11.8 Å². The summed E-state index contributed by atoms with van der Waals surface area (Å²) in [5.74, 6) is 0.494. The predicted octanol–water partition coefficient (Wildman–Crippen LogP) is 3.16. The quantitative estimate of drug-likeness (QED) is 0.602. The average Bonchev–Trinajstić information content (AvgIpc) is 2.71. The van der Waals surface area contributed by atoms with Gasteiger partial charge in [-0.3, -0.25) is 9.10 Å². The van der Waals surface area contributed by atoms with E-state index in [1.807, 2.05) is 43.3 Å². The number of sulfonamides is 1. The number of nitrogens with one attached hydrogen (secondary N) is 1. The first-order valence-electron chi connectivity index (χ1n) is 9.75. The van der Waals surface area contributed by atoms with Crippen molar-refractivity contribution < 1.29 is 17.9 Å². The third-order valence-electron chi connectivity index (χ3n) is 4.79. The topological polar surface area (TPSA) is 75.7 Å². The molecule has 1 amide bonds. The van der Waals surface area contributed by atoms with Crippen LogP contribution in [0.3, 0.4) is 0 Å². The molecule has 29 heavy (non-hydrogen) atoms. The normalized spacial score (nSPS) is 12.3. The molecule has 0 fully saturated rings. The van der Waals surface area contributed by atoms with E-state index in [9.17, 15) is 13.2 Å². The van der Waals surface area contributed by atoms with Gasteiger partial charge < -0.3 is 10.1 Å². The first-order chi connectivity index (χ1) is 13.8. The Morgan fingerprint density at radius 2 is 1.66 bits per heavy atom. The highest BCUT2D eigenvalue weighted by molar-refractivity contribution is 7.92. The monoisotopic (exact) mass is 418 g/mol. The molecule has 2 aromatic carbocycles. The van der Waals surface area contributed by atoms with Gasteiger partial charge in [0.25, 0.3) is 0 Å². The van der Waals surface area contributed by atoms with Gasteiger partial charge in [-0.05, 0) is 61.6 Å². The van der Waals surface area contributed by atoms with Crippen LogP contribution in [-0.2, 0) is 27.7 Å². The molecular formula is C22H30N2O4S. The van der Waals surface area contributed by atoms with Crippen molar-refractivity contribution in [3.05, 3.63) is 59.7 Å². The van der Waals surface area contributed by atoms with E-state index in [0.717, 1.165) is 42.4 Å². The molecule has 0 aromatic heterocycles. The lowest BCUT2D eigenvalue weighted by Crippen LogP contribution is -2.48. The van der Waals surface area contributed by atoms with Gasteiger partial charge in [0.2, 0.25) is 15.9 Å². The lowest BCUT2D eigenvalue weighted by atomic mass is 10.1. The summed E-state index contributed by atoms with van der Waals surface area (Å²) in [5.41, 5.74) is 2.75. The Labute approximate surface area is 173 Å². The molecule has 0 heterocycles. The van der Waals surface area contributed by atoms with E-state index in [-0.39, 0.29) is 5.91 Å². The number of methoxy groups -OCH3 is 1. The smallest absolute Gasteiger partial charge is 0.243 e. The van der Waals surface area contributed by atoms with Crippen molar-refractivity contribution in [1.29, 1.82) is 0 Å². The zero-order chi connectivity index (χ0) is 21.4. The van der Waals surface area contributed by atoms with Gasteiger partial charge in [-0.25, -0.2) is 8.42 Å². The molecule has 0 saturated carbocycles. The number of carbonyl (C=O) groups is 1. The van der Waals surface area contributed by atoms with E-state index in [1.165, 1.54) is 4.31 Å². The minimum absolute atomic E-state index is 0.315. The predicted molar refractivity (Wildman–Crippen MR) is 117 cm³/mol. The van der Waals surface area contributed by atoms with Gasteiger partial charge in [0.15, 0.2) is 0 Å². The fraction of sp³-hybridized carbons (Fsp3) is 0.409. The zero-order valence-corrected chi connectivity index (χ0v) is 18.3. The fourth-order valence-electron chi connectivity index (χ4n) is 3.13. The van der Waals surface area contributed by atoms with Crippen molar-refractivity contribution in [2.45, 2.75) is 39.2 Å². The van der Waals surface area contributed by atoms with Gasteiger partial charge in [0.05, 0.1) is 19.1 Å². The van der Waals surface area contributed by atoms with Crippen LogP contribution in [-0.4, -0.2) is 40.3 Å². The Balaban J connectivity index is 1.95. The van der Waals surface area contributed by atoms with Crippen molar-refractivity contribution in [3.63, 3.8) is 0 Å². The summed E-state index contributed by atoms with van der Waals surface area (Å²) >= 11 is 0. The highest BCUT2D eigenvalue weighted by atomic mass is 32.2. The number of ether oxygens (including phenoxy) is 1. The maximum atomic E-state index is 12.6. The molecule has 0 unspecified atom stereocenters. The molecule has 158 valence electrons. The highest BCUT2D eigenvalue weighted by Crippen LogP contribution is 2.21. The SMILES string of the molecule is CCc1ccc(N([C@H](C)C(=O)NCCCc2ccc(OC)cc2)S(C)(=O)=O)cc1. The lowest BCUT2D eigenvalue weighted by molar-refractivity contribution is -0.121. The van der Waals surface area contributed by atoms with E-state index in [1.54, 1.807) is 26.2 Å². The van der Waals surface area contributed by atoms with Crippen molar-refractivity contribution in [2.24, 2.45) is 0 Å². The number of rotatable bonds is 10. The first-order valence-corrected chi connectivity index (χ1v) is 11.6. The average molecular weight is 419 g/mol. The standard InChI is InChI=1S/C22H30N2O4S/c1-5-18-8-12-20(13-9-18)24(29(4,26)27)17(2)22(25)23-16-6-7-19-10-14-21(28-3)15-11-19/h8-15,17H,5-7,16H2,1-4H3,(H,23,25)/t17-/m1/s1. The van der Waals surface area contributed by atoms with Crippen molar-refractivity contribution in [1.82, 2.24) is 5.32 Å². The van der Waals surface area contributed by atoms with Crippen LogP contribution >= 0.6 is 0 Å². The molecule has 7 heteroatoms. The van der Waals surface area contributed by atoms with Gasteiger partial charge in [-0.1, -0.05) is 31.2 Å². The number of benzene rings is 2. The maximum Gasteiger partial charge on any atom is 0.243 e. The molecule has 0 radical (unpaired) electrons. The van der Waals surface area contributed by atoms with E-state index >= 15 is 0 Å². The van der Waals surface area contributed by atoms with Crippen molar-refractivity contribution in [3.8, 4) is 5.75 Å². The van der Waals surface area contributed by atoms with Crippen LogP contribution in [0, 0.1) is 0 Å². The molecule has 0 bridgehead atoms. The maximum absolute atomic E-state index is 12.6. The molecule has 0 saturated heterocycles. The summed E-state index contributed by atoms with van der Waals surface area (Å²) in [7, 11) is -1.97. The summed E-state index contributed by atoms with van der Waals surface area (Å²) in [4.78, 5) is 12.6. The summed E-state index contributed by atoms with van der Waals surface area (Å²) in [6, 6.07) is 14.2. The summed E-state index contributed by atoms with van der Waals surface area (Å²) in [6.45, 7) is 4.11. The molecule has 0 aliphatic carbocycles. The Morgan fingerprint density at radius 1 is 1.07 bits per heavy atom. The zero-order valence-electron chi connectivity index (χ0n) is 17.5. The second-order valence-electron chi connectivity index (χ2n) is 7.00. The molecule has 6 nitrogen and oxygen atoms in total. The summed E-state index contributed by atoms with van der Waals surface area (Å²) in [6.07, 6.45) is 3.55. The van der Waals surface area contributed by atoms with Crippen LogP contribution in [0.1, 0.15) is 31.4 Å². The molecule has 0 aliphatic heterocycles. The minimum Gasteiger partial charge on any atom is -0.497 e. The lowest BCUT2D eigenvalue weighted by Gasteiger charge is -2.28. The van der Waals surface area contributed by atoms with Crippen LogP contribution in [0.4, 0.5) is 5.69 Å². The summed E-state index contributed by atoms with van der Waals surface area (Å²) in [5, 5.41) is 2.85. The molecule has 2 rings (SSSR count). The van der Waals surface area contributed by atoms with E-state index in [0.29, 0.717) is 12.2 Å². The summed E-state index contributed by atoms with van der Waals surface area (Å²) < 4.78 is 31.0. The van der Waals surface area contributed by atoms with Gasteiger partial charge in [-0.15, -0.1) is 0 Å². The molecule has 1 atom stereocenters. The van der Waals surface area contributed by atoms with Crippen molar-refractivity contribution >= 4 is 21.6 Å². The third kappa shape index (κ3) is 6.49. The molecular weight excluding hydrogens is 388 g/mol. The van der Waals surface area contributed by atoms with Crippen LogP contribution in [0.15, 0.2) is 48.5 Å². The first kappa shape index (κ1) is 22.7. The molecule has 2 aromatic rings. The number of amides is 1. The Kier molecular flexibility index (Phi) is 8.08. The number of aryl methyl sites for hydroxylation is 2. The van der Waals surface area contributed by atoms with E-state index in [4.69, 9.17) is 4.74 Å². The van der Waals surface area contributed by atoms with Gasteiger partial charge in [-0.2, -0.15) is 0 Å². The van der Waals surface area contributed by atoms with Crippen LogP contribution < -0.4 is 14.4 Å². The second kappa shape index (κ2) is 10.3. The molecule has 0 aliphatic rings. The third-order valence-corrected chi connectivity index (χ3v) is 6.03. The van der Waals surface area contributed by atoms with Crippen molar-refractivity contribution in [2.75, 3.05) is 24.2 Å².